The van der Waals surface area contributed by atoms with Gasteiger partial charge in [0.05, 0.1) is 22.7 Å². The van der Waals surface area contributed by atoms with Crippen LogP contribution in [0.15, 0.2) is 46.8 Å². The van der Waals surface area contributed by atoms with Crippen molar-refractivity contribution in [1.82, 2.24) is 9.88 Å². The van der Waals surface area contributed by atoms with Crippen molar-refractivity contribution in [2.24, 2.45) is 0 Å². The first kappa shape index (κ1) is 15.0. The van der Waals surface area contributed by atoms with E-state index in [9.17, 15) is 9.59 Å². The minimum atomic E-state index is -0.228. The fourth-order valence-electron chi connectivity index (χ4n) is 2.27. The second-order valence-corrected chi connectivity index (χ2v) is 6.85. The molecule has 3 rings (SSSR count). The maximum absolute atomic E-state index is 12.7. The molecule has 2 aromatic rings. The summed E-state index contributed by atoms with van der Waals surface area (Å²) in [6, 6.07) is 9.25. The molecular formula is C16H14N2O2S2. The highest BCUT2D eigenvalue weighted by Gasteiger charge is 2.39. The summed E-state index contributed by atoms with van der Waals surface area (Å²) in [7, 11) is 0. The van der Waals surface area contributed by atoms with Crippen molar-refractivity contribution in [2.45, 2.75) is 13.5 Å². The molecule has 0 N–H and O–H groups in total. The number of amides is 2. The predicted octanol–water partition coefficient (Wildman–Crippen LogP) is 3.18. The van der Waals surface area contributed by atoms with E-state index in [1.165, 1.54) is 28.0 Å². The maximum atomic E-state index is 12.7. The molecule has 0 saturated heterocycles. The lowest BCUT2D eigenvalue weighted by Crippen LogP contribution is -2.31. The van der Waals surface area contributed by atoms with Crippen molar-refractivity contribution < 1.29 is 9.59 Å². The lowest BCUT2D eigenvalue weighted by molar-refractivity contribution is -0.137. The predicted molar refractivity (Wildman–Crippen MR) is 89.2 cm³/mol. The molecule has 22 heavy (non-hydrogen) atoms. The van der Waals surface area contributed by atoms with Gasteiger partial charge in [-0.1, -0.05) is 19.1 Å². The van der Waals surface area contributed by atoms with Gasteiger partial charge in [-0.15, -0.1) is 23.1 Å². The van der Waals surface area contributed by atoms with Gasteiger partial charge in [0.2, 0.25) is 0 Å². The molecule has 6 heteroatoms. The Kier molecular flexibility index (Phi) is 4.40. The molecule has 2 amide bonds. The van der Waals surface area contributed by atoms with Gasteiger partial charge >= 0.3 is 0 Å². The second-order valence-electron chi connectivity index (χ2n) is 4.63. The highest BCUT2D eigenvalue weighted by atomic mass is 32.2. The normalized spacial score (nSPS) is 15.0. The Morgan fingerprint density at radius 2 is 2.05 bits per heavy atom. The summed E-state index contributed by atoms with van der Waals surface area (Å²) in [5.74, 6) is 0.306. The SMILES string of the molecule is CCSC1=C(c2cccs2)C(=O)N(Cc2ccccn2)C1=O. The molecule has 4 nitrogen and oxygen atoms in total. The van der Waals surface area contributed by atoms with Gasteiger partial charge < -0.3 is 0 Å². The van der Waals surface area contributed by atoms with Crippen LogP contribution >= 0.6 is 23.1 Å². The van der Waals surface area contributed by atoms with Gasteiger partial charge in [-0.25, -0.2) is 0 Å². The summed E-state index contributed by atoms with van der Waals surface area (Å²) in [6.45, 7) is 2.18. The first-order valence-corrected chi connectivity index (χ1v) is 8.76. The van der Waals surface area contributed by atoms with Crippen LogP contribution in [0.4, 0.5) is 0 Å². The zero-order valence-corrected chi connectivity index (χ0v) is 13.6. The number of thiophene rings is 1. The summed E-state index contributed by atoms with van der Waals surface area (Å²) in [4.78, 5) is 32.2. The van der Waals surface area contributed by atoms with E-state index < -0.39 is 0 Å². The summed E-state index contributed by atoms with van der Waals surface area (Å²) < 4.78 is 0. The molecule has 3 heterocycles. The van der Waals surface area contributed by atoms with Crippen LogP contribution in [-0.4, -0.2) is 27.5 Å². The Labute approximate surface area is 136 Å². The number of nitrogens with zero attached hydrogens (tertiary/aromatic N) is 2. The summed E-state index contributed by atoms with van der Waals surface area (Å²) >= 11 is 2.90. The molecule has 1 aliphatic rings. The van der Waals surface area contributed by atoms with E-state index in [0.29, 0.717) is 16.2 Å². The van der Waals surface area contributed by atoms with E-state index >= 15 is 0 Å². The van der Waals surface area contributed by atoms with Crippen LogP contribution in [0.3, 0.4) is 0 Å². The fourth-order valence-corrected chi connectivity index (χ4v) is 3.96. The average Bonchev–Trinajstić information content (AvgIpc) is 3.12. The standard InChI is InChI=1S/C16H14N2O2S2/c1-2-21-14-13(12-7-5-9-22-12)15(19)18(16(14)20)10-11-6-3-4-8-17-11/h3-9H,2,10H2,1H3. The van der Waals surface area contributed by atoms with E-state index in [2.05, 4.69) is 4.98 Å². The van der Waals surface area contributed by atoms with E-state index in [-0.39, 0.29) is 18.4 Å². The minimum Gasteiger partial charge on any atom is -0.268 e. The van der Waals surface area contributed by atoms with Crippen molar-refractivity contribution in [1.29, 1.82) is 0 Å². The quantitative estimate of drug-likeness (QED) is 0.790. The van der Waals surface area contributed by atoms with Gasteiger partial charge in [0.15, 0.2) is 0 Å². The molecule has 0 unspecified atom stereocenters. The Morgan fingerprint density at radius 1 is 1.18 bits per heavy atom. The Hall–Kier alpha value is -1.92. The molecular weight excluding hydrogens is 316 g/mol. The van der Waals surface area contributed by atoms with Gasteiger partial charge in [-0.05, 0) is 29.3 Å². The topological polar surface area (TPSA) is 50.3 Å². The number of thioether (sulfide) groups is 1. The molecule has 2 aromatic heterocycles. The number of carbonyl (C=O) groups excluding carboxylic acids is 2. The lowest BCUT2D eigenvalue weighted by Gasteiger charge is -2.14. The summed E-state index contributed by atoms with van der Waals surface area (Å²) in [5.41, 5.74) is 1.24. The van der Waals surface area contributed by atoms with Crippen LogP contribution in [0.2, 0.25) is 0 Å². The largest absolute Gasteiger partial charge is 0.268 e. The maximum Gasteiger partial charge on any atom is 0.268 e. The molecule has 0 fully saturated rings. The molecule has 0 saturated carbocycles. The fraction of sp³-hybridized carbons (Fsp3) is 0.188. The van der Waals surface area contributed by atoms with E-state index in [4.69, 9.17) is 0 Å². The van der Waals surface area contributed by atoms with Crippen molar-refractivity contribution in [3.05, 3.63) is 57.4 Å². The third-order valence-corrected chi connectivity index (χ3v) is 5.07. The lowest BCUT2D eigenvalue weighted by atomic mass is 10.2. The molecule has 0 aliphatic carbocycles. The second kappa shape index (κ2) is 6.46. The van der Waals surface area contributed by atoms with Crippen molar-refractivity contribution >= 4 is 40.5 Å². The molecule has 1 aliphatic heterocycles. The number of imide groups is 1. The summed E-state index contributed by atoms with van der Waals surface area (Å²) in [6.07, 6.45) is 1.66. The molecule has 0 aromatic carbocycles. The van der Waals surface area contributed by atoms with E-state index in [1.807, 2.05) is 42.6 Å². The highest BCUT2D eigenvalue weighted by molar-refractivity contribution is 8.04. The molecule has 0 spiro atoms. The van der Waals surface area contributed by atoms with Crippen LogP contribution in [0.1, 0.15) is 17.5 Å². The zero-order chi connectivity index (χ0) is 15.5. The average molecular weight is 330 g/mol. The molecule has 0 atom stereocenters. The molecule has 0 bridgehead atoms. The smallest absolute Gasteiger partial charge is 0.268 e. The van der Waals surface area contributed by atoms with Gasteiger partial charge in [0.25, 0.3) is 11.8 Å². The number of carbonyl (C=O) groups is 2. The number of aromatic nitrogens is 1. The third-order valence-electron chi connectivity index (χ3n) is 3.23. The Morgan fingerprint density at radius 3 is 2.68 bits per heavy atom. The number of rotatable bonds is 5. The molecule has 112 valence electrons. The van der Waals surface area contributed by atoms with Crippen LogP contribution in [0.25, 0.3) is 5.57 Å². The molecule has 0 radical (unpaired) electrons. The Bertz CT molecular complexity index is 724. The number of pyridine rings is 1. The van der Waals surface area contributed by atoms with Gasteiger partial charge in [-0.3, -0.25) is 19.5 Å². The van der Waals surface area contributed by atoms with Gasteiger partial charge in [0, 0.05) is 11.1 Å². The highest BCUT2D eigenvalue weighted by Crippen LogP contribution is 2.38. The van der Waals surface area contributed by atoms with E-state index in [0.717, 1.165) is 10.6 Å². The summed E-state index contributed by atoms with van der Waals surface area (Å²) in [5, 5.41) is 1.91. The van der Waals surface area contributed by atoms with E-state index in [1.54, 1.807) is 6.20 Å². The number of hydrogen-bond acceptors (Lipinski definition) is 5. The Balaban J connectivity index is 1.94. The monoisotopic (exact) mass is 330 g/mol. The van der Waals surface area contributed by atoms with Gasteiger partial charge in [0.1, 0.15) is 0 Å². The van der Waals surface area contributed by atoms with Crippen molar-refractivity contribution in [3.63, 3.8) is 0 Å². The van der Waals surface area contributed by atoms with Crippen LogP contribution < -0.4 is 0 Å². The first-order valence-electron chi connectivity index (χ1n) is 6.89. The van der Waals surface area contributed by atoms with Gasteiger partial charge in [-0.2, -0.15) is 0 Å². The zero-order valence-electron chi connectivity index (χ0n) is 12.0. The van der Waals surface area contributed by atoms with Crippen LogP contribution in [0.5, 0.6) is 0 Å². The minimum absolute atomic E-state index is 0.209. The van der Waals surface area contributed by atoms with Crippen LogP contribution in [0, 0.1) is 0 Å². The first-order chi connectivity index (χ1) is 10.7. The van der Waals surface area contributed by atoms with Crippen molar-refractivity contribution in [3.8, 4) is 0 Å². The van der Waals surface area contributed by atoms with Crippen LogP contribution in [-0.2, 0) is 16.1 Å². The number of hydrogen-bond donors (Lipinski definition) is 0. The van der Waals surface area contributed by atoms with Crippen molar-refractivity contribution in [2.75, 3.05) is 5.75 Å². The third kappa shape index (κ3) is 2.71.